The fourth-order valence-electron chi connectivity index (χ4n) is 3.84. The third-order valence-corrected chi connectivity index (χ3v) is 5.42. The minimum atomic E-state index is -0.384. The van der Waals surface area contributed by atoms with E-state index >= 15 is 0 Å². The molecule has 1 saturated carbocycles. The molecule has 0 aromatic heterocycles. The van der Waals surface area contributed by atoms with Crippen LogP contribution in [-0.4, -0.2) is 29.1 Å². The van der Waals surface area contributed by atoms with Crippen molar-refractivity contribution in [3.8, 4) is 0 Å². The minimum Gasteiger partial charge on any atom is -0.387 e. The lowest BCUT2D eigenvalue weighted by molar-refractivity contribution is 0.0227. The molecule has 0 bridgehead atoms. The van der Waals surface area contributed by atoms with Gasteiger partial charge in [-0.2, -0.15) is 0 Å². The van der Waals surface area contributed by atoms with Crippen LogP contribution in [0.5, 0.6) is 0 Å². The molecule has 1 aliphatic rings. The van der Waals surface area contributed by atoms with Crippen molar-refractivity contribution >= 4 is 0 Å². The van der Waals surface area contributed by atoms with Gasteiger partial charge in [-0.25, -0.2) is 0 Å². The molecule has 1 fully saturated rings. The van der Waals surface area contributed by atoms with Gasteiger partial charge >= 0.3 is 0 Å². The van der Waals surface area contributed by atoms with Crippen molar-refractivity contribution in [3.63, 3.8) is 0 Å². The van der Waals surface area contributed by atoms with Crippen LogP contribution < -0.4 is 0 Å². The normalized spacial score (nSPS) is 25.8. The Morgan fingerprint density at radius 2 is 1.71 bits per heavy atom. The zero-order valence-electron chi connectivity index (χ0n) is 13.8. The second kappa shape index (κ2) is 7.95. The standard InChI is InChI=1S/C19H31NO/c1-4-15-11-13-17(14-12-15)20(3)18(5-2)19(21)16-9-7-6-8-10-16/h6-10,15,17-19,21H,4-5,11-14H2,1-3H3. The molecule has 2 rings (SSSR count). The van der Waals surface area contributed by atoms with Gasteiger partial charge in [-0.1, -0.05) is 50.6 Å². The molecule has 2 nitrogen and oxygen atoms in total. The molecule has 1 N–H and O–H groups in total. The molecular formula is C19H31NO. The fraction of sp³-hybridized carbons (Fsp3) is 0.684. The first-order valence-electron chi connectivity index (χ1n) is 8.62. The Morgan fingerprint density at radius 3 is 2.24 bits per heavy atom. The van der Waals surface area contributed by atoms with Crippen molar-refractivity contribution in [1.82, 2.24) is 4.90 Å². The second-order valence-corrected chi connectivity index (χ2v) is 6.58. The van der Waals surface area contributed by atoms with E-state index in [1.165, 1.54) is 32.1 Å². The number of benzene rings is 1. The summed E-state index contributed by atoms with van der Waals surface area (Å²) in [5.41, 5.74) is 1.04. The summed E-state index contributed by atoms with van der Waals surface area (Å²) in [7, 11) is 2.21. The Morgan fingerprint density at radius 1 is 1.10 bits per heavy atom. The van der Waals surface area contributed by atoms with Gasteiger partial charge in [0.15, 0.2) is 0 Å². The van der Waals surface area contributed by atoms with Gasteiger partial charge < -0.3 is 5.11 Å². The second-order valence-electron chi connectivity index (χ2n) is 6.58. The molecule has 0 aliphatic heterocycles. The number of aliphatic hydroxyl groups is 1. The molecule has 2 heteroatoms. The smallest absolute Gasteiger partial charge is 0.0945 e. The van der Waals surface area contributed by atoms with Crippen LogP contribution in [0.3, 0.4) is 0 Å². The third kappa shape index (κ3) is 4.08. The molecule has 1 aromatic rings. The van der Waals surface area contributed by atoms with E-state index < -0.39 is 0 Å². The Bertz CT molecular complexity index is 397. The van der Waals surface area contributed by atoms with Crippen LogP contribution in [0, 0.1) is 5.92 Å². The van der Waals surface area contributed by atoms with Crippen molar-refractivity contribution < 1.29 is 5.11 Å². The zero-order chi connectivity index (χ0) is 15.2. The molecule has 118 valence electrons. The van der Waals surface area contributed by atoms with Gasteiger partial charge in [0.2, 0.25) is 0 Å². The first-order chi connectivity index (χ1) is 10.2. The molecule has 2 unspecified atom stereocenters. The molecule has 0 saturated heterocycles. The van der Waals surface area contributed by atoms with Crippen molar-refractivity contribution in [2.45, 2.75) is 70.6 Å². The van der Waals surface area contributed by atoms with Crippen LogP contribution in [0.2, 0.25) is 0 Å². The Hall–Kier alpha value is -0.860. The van der Waals surface area contributed by atoms with Gasteiger partial charge in [-0.05, 0) is 50.6 Å². The van der Waals surface area contributed by atoms with Crippen LogP contribution in [-0.2, 0) is 0 Å². The molecule has 1 aromatic carbocycles. The highest BCUT2D eigenvalue weighted by Crippen LogP contribution is 2.32. The van der Waals surface area contributed by atoms with Crippen LogP contribution in [0.1, 0.15) is 64.0 Å². The van der Waals surface area contributed by atoms with Crippen LogP contribution in [0.15, 0.2) is 30.3 Å². The number of nitrogens with zero attached hydrogens (tertiary/aromatic N) is 1. The van der Waals surface area contributed by atoms with Crippen molar-refractivity contribution in [1.29, 1.82) is 0 Å². The lowest BCUT2D eigenvalue weighted by atomic mass is 9.83. The predicted molar refractivity (Wildman–Crippen MR) is 89.3 cm³/mol. The number of rotatable bonds is 6. The van der Waals surface area contributed by atoms with E-state index in [2.05, 4.69) is 25.8 Å². The summed E-state index contributed by atoms with van der Waals surface area (Å²) in [5.74, 6) is 0.925. The number of hydrogen-bond donors (Lipinski definition) is 1. The van der Waals surface area contributed by atoms with Gasteiger partial charge in [-0.15, -0.1) is 0 Å². The monoisotopic (exact) mass is 289 g/mol. The highest BCUT2D eigenvalue weighted by molar-refractivity contribution is 5.19. The van der Waals surface area contributed by atoms with E-state index in [0.717, 1.165) is 17.9 Å². The molecule has 0 amide bonds. The van der Waals surface area contributed by atoms with Gasteiger partial charge in [0.1, 0.15) is 0 Å². The van der Waals surface area contributed by atoms with E-state index in [-0.39, 0.29) is 12.1 Å². The number of likely N-dealkylation sites (N-methyl/N-ethyl adjacent to an activating group) is 1. The SMILES string of the molecule is CCC1CCC(N(C)C(CC)C(O)c2ccccc2)CC1. The molecule has 0 radical (unpaired) electrons. The Labute approximate surface area is 130 Å². The predicted octanol–water partition coefficient (Wildman–Crippen LogP) is 4.40. The molecule has 0 heterocycles. The summed E-state index contributed by atoms with van der Waals surface area (Å²) < 4.78 is 0. The molecule has 0 spiro atoms. The maximum atomic E-state index is 10.7. The summed E-state index contributed by atoms with van der Waals surface area (Å²) in [5, 5.41) is 10.7. The highest BCUT2D eigenvalue weighted by atomic mass is 16.3. The summed E-state index contributed by atoms with van der Waals surface area (Å²) in [6.45, 7) is 4.49. The largest absolute Gasteiger partial charge is 0.387 e. The average molecular weight is 289 g/mol. The maximum Gasteiger partial charge on any atom is 0.0945 e. The quantitative estimate of drug-likeness (QED) is 0.839. The highest BCUT2D eigenvalue weighted by Gasteiger charge is 2.30. The van der Waals surface area contributed by atoms with E-state index in [9.17, 15) is 5.11 Å². The topological polar surface area (TPSA) is 23.5 Å². The average Bonchev–Trinajstić information content (AvgIpc) is 2.56. The van der Waals surface area contributed by atoms with E-state index in [1.807, 2.05) is 30.3 Å². The molecule has 2 atom stereocenters. The Kier molecular flexibility index (Phi) is 6.25. The van der Waals surface area contributed by atoms with E-state index in [1.54, 1.807) is 0 Å². The summed E-state index contributed by atoms with van der Waals surface area (Å²) in [6, 6.07) is 11.0. The van der Waals surface area contributed by atoms with Crippen LogP contribution >= 0.6 is 0 Å². The van der Waals surface area contributed by atoms with Gasteiger partial charge in [-0.3, -0.25) is 4.90 Å². The van der Waals surface area contributed by atoms with Gasteiger partial charge in [0, 0.05) is 12.1 Å². The maximum absolute atomic E-state index is 10.7. The molecule has 1 aliphatic carbocycles. The minimum absolute atomic E-state index is 0.218. The number of aliphatic hydroxyl groups excluding tert-OH is 1. The van der Waals surface area contributed by atoms with Crippen molar-refractivity contribution in [2.75, 3.05) is 7.05 Å². The fourth-order valence-corrected chi connectivity index (χ4v) is 3.84. The Balaban J connectivity index is 2.00. The van der Waals surface area contributed by atoms with Crippen LogP contribution in [0.25, 0.3) is 0 Å². The third-order valence-electron chi connectivity index (χ3n) is 5.42. The van der Waals surface area contributed by atoms with Crippen molar-refractivity contribution in [3.05, 3.63) is 35.9 Å². The van der Waals surface area contributed by atoms with Gasteiger partial charge in [0.05, 0.1) is 6.10 Å². The lowest BCUT2D eigenvalue weighted by Gasteiger charge is -2.40. The first-order valence-corrected chi connectivity index (χ1v) is 8.62. The van der Waals surface area contributed by atoms with Crippen LogP contribution in [0.4, 0.5) is 0 Å². The molecule has 21 heavy (non-hydrogen) atoms. The lowest BCUT2D eigenvalue weighted by Crippen LogP contribution is -2.44. The van der Waals surface area contributed by atoms with E-state index in [0.29, 0.717) is 6.04 Å². The van der Waals surface area contributed by atoms with E-state index in [4.69, 9.17) is 0 Å². The summed E-state index contributed by atoms with van der Waals surface area (Å²) in [6.07, 6.45) is 7.19. The zero-order valence-corrected chi connectivity index (χ0v) is 13.8. The first kappa shape index (κ1) is 16.5. The van der Waals surface area contributed by atoms with Crippen molar-refractivity contribution in [2.24, 2.45) is 5.92 Å². The molecular weight excluding hydrogens is 258 g/mol. The summed E-state index contributed by atoms with van der Waals surface area (Å²) in [4.78, 5) is 2.45. The number of hydrogen-bond acceptors (Lipinski definition) is 2. The summed E-state index contributed by atoms with van der Waals surface area (Å²) >= 11 is 0. The van der Waals surface area contributed by atoms with Gasteiger partial charge in [0.25, 0.3) is 0 Å².